The van der Waals surface area contributed by atoms with E-state index in [4.69, 9.17) is 23.2 Å². The highest BCUT2D eigenvalue weighted by Crippen LogP contribution is 2.51. The largest absolute Gasteiger partial charge is 0.417 e. The average molecular weight is 638 g/mol. The molecule has 15 heteroatoms. The van der Waals surface area contributed by atoms with E-state index in [2.05, 4.69) is 0 Å². The number of rotatable bonds is 8. The Morgan fingerprint density at radius 1 is 0.951 bits per heavy atom. The predicted molar refractivity (Wildman–Crippen MR) is 130 cm³/mol. The number of hydrogen-bond acceptors (Lipinski definition) is 2. The molecule has 2 aromatic carbocycles. The number of carbonyl (C=O) groups is 2. The fourth-order valence-corrected chi connectivity index (χ4v) is 4.86. The molecule has 1 fully saturated rings. The van der Waals surface area contributed by atoms with Gasteiger partial charge in [-0.25, -0.2) is 4.39 Å². The van der Waals surface area contributed by atoms with Gasteiger partial charge < -0.3 is 4.90 Å². The average Bonchev–Trinajstić information content (AvgIpc) is 3.58. The van der Waals surface area contributed by atoms with E-state index in [0.29, 0.717) is 17.0 Å². The monoisotopic (exact) mass is 637 g/mol. The first-order chi connectivity index (χ1) is 18.6. The van der Waals surface area contributed by atoms with Crippen molar-refractivity contribution in [2.24, 2.45) is 5.41 Å². The molecule has 0 aromatic heterocycles. The summed E-state index contributed by atoms with van der Waals surface area (Å²) in [6.45, 7) is -1.63. The number of ketones is 1. The van der Waals surface area contributed by atoms with E-state index >= 15 is 4.39 Å². The maximum absolute atomic E-state index is 15.0. The van der Waals surface area contributed by atoms with Crippen LogP contribution in [-0.4, -0.2) is 42.5 Å². The van der Waals surface area contributed by atoms with Gasteiger partial charge in [-0.2, -0.15) is 39.5 Å². The standard InChI is InChI=1S/C26H19Cl2F10NO2/c1-39(12-24(30,31)32)22(41)23(4-5-23)11-21(40)17-3-2-13(8-19(17)26(36,37)38)20(29)10-18(25(33,34)35)14-6-15(27)9-16(28)7-14/h2-3,6-10,18H,4-5,11-12H2,1H3/b20-10-. The minimum atomic E-state index is -5.28. The molecule has 1 unspecified atom stereocenters. The molecule has 0 aliphatic heterocycles. The van der Waals surface area contributed by atoms with Crippen LogP contribution < -0.4 is 0 Å². The summed E-state index contributed by atoms with van der Waals surface area (Å²) in [5.41, 5.74) is -5.84. The number of halogens is 12. The summed E-state index contributed by atoms with van der Waals surface area (Å²) in [4.78, 5) is 25.7. The van der Waals surface area contributed by atoms with Gasteiger partial charge in [-0.3, -0.25) is 9.59 Å². The first kappa shape index (κ1) is 32.7. The molecule has 1 aliphatic carbocycles. The van der Waals surface area contributed by atoms with Crippen LogP contribution >= 0.6 is 23.2 Å². The molecule has 0 bridgehead atoms. The molecule has 3 rings (SSSR count). The lowest BCUT2D eigenvalue weighted by Gasteiger charge is -2.24. The molecular formula is C26H19Cl2F10NO2. The minimum absolute atomic E-state index is 0.0350. The molecule has 3 nitrogen and oxygen atoms in total. The molecule has 2 aromatic rings. The zero-order valence-electron chi connectivity index (χ0n) is 20.7. The van der Waals surface area contributed by atoms with Crippen LogP contribution in [0.2, 0.25) is 10.0 Å². The number of amides is 1. The maximum Gasteiger partial charge on any atom is 0.417 e. The van der Waals surface area contributed by atoms with Crippen molar-refractivity contribution in [3.63, 3.8) is 0 Å². The number of allylic oxidation sites excluding steroid dienone is 1. The molecule has 0 heterocycles. The van der Waals surface area contributed by atoms with Crippen molar-refractivity contribution in [1.29, 1.82) is 0 Å². The Balaban J connectivity index is 1.96. The number of Topliss-reactive ketones (excluding diaryl/α,β-unsaturated/α-hetero) is 1. The second-order valence-corrected chi connectivity index (χ2v) is 10.5. The van der Waals surface area contributed by atoms with Gasteiger partial charge in [0.2, 0.25) is 5.91 Å². The first-order valence-corrected chi connectivity index (χ1v) is 12.4. The van der Waals surface area contributed by atoms with Gasteiger partial charge in [0.15, 0.2) is 5.78 Å². The van der Waals surface area contributed by atoms with Gasteiger partial charge in [-0.05, 0) is 48.7 Å². The van der Waals surface area contributed by atoms with E-state index in [1.54, 1.807) is 0 Å². The van der Waals surface area contributed by atoms with Gasteiger partial charge >= 0.3 is 18.5 Å². The molecule has 1 aliphatic rings. The highest BCUT2D eigenvalue weighted by atomic mass is 35.5. The molecule has 0 N–H and O–H groups in total. The van der Waals surface area contributed by atoms with Gasteiger partial charge in [0, 0.05) is 34.6 Å². The summed E-state index contributed by atoms with van der Waals surface area (Å²) in [5.74, 6) is -6.66. The van der Waals surface area contributed by atoms with E-state index in [9.17, 15) is 49.1 Å². The lowest BCUT2D eigenvalue weighted by molar-refractivity contribution is -0.161. The SMILES string of the molecule is CN(CC(F)(F)F)C(=O)C1(CC(=O)c2ccc(/C(F)=C/C(c3cc(Cl)cc(Cl)c3)C(F)(F)F)cc2C(F)(F)F)CC1. The second-order valence-electron chi connectivity index (χ2n) is 9.65. The van der Waals surface area contributed by atoms with E-state index in [1.807, 2.05) is 0 Å². The van der Waals surface area contributed by atoms with Crippen LogP contribution in [0.25, 0.3) is 5.83 Å². The Bertz CT molecular complexity index is 1340. The summed E-state index contributed by atoms with van der Waals surface area (Å²) in [7, 11) is 0.844. The van der Waals surface area contributed by atoms with Crippen LogP contribution in [0.3, 0.4) is 0 Å². The van der Waals surface area contributed by atoms with E-state index in [1.165, 1.54) is 0 Å². The van der Waals surface area contributed by atoms with Crippen molar-refractivity contribution >= 4 is 40.7 Å². The zero-order chi connectivity index (χ0) is 31.1. The summed E-state index contributed by atoms with van der Waals surface area (Å²) >= 11 is 11.5. The van der Waals surface area contributed by atoms with Crippen LogP contribution in [0.5, 0.6) is 0 Å². The van der Waals surface area contributed by atoms with Gasteiger partial charge in [0.05, 0.1) is 11.0 Å². The van der Waals surface area contributed by atoms with Crippen LogP contribution in [0.1, 0.15) is 52.2 Å². The molecule has 41 heavy (non-hydrogen) atoms. The molecule has 1 amide bonds. The summed E-state index contributed by atoms with van der Waals surface area (Å²) in [6.07, 6.45) is -16.0. The summed E-state index contributed by atoms with van der Waals surface area (Å²) in [5, 5.41) is -0.399. The fraction of sp³-hybridized carbons (Fsp3) is 0.385. The van der Waals surface area contributed by atoms with Gasteiger partial charge in [-0.1, -0.05) is 35.3 Å². The van der Waals surface area contributed by atoms with Gasteiger partial charge in [0.1, 0.15) is 18.3 Å². The maximum atomic E-state index is 15.0. The lowest BCUT2D eigenvalue weighted by Crippen LogP contribution is -2.41. The zero-order valence-corrected chi connectivity index (χ0v) is 22.3. The summed E-state index contributed by atoms with van der Waals surface area (Å²) in [6, 6.07) is 4.20. The number of hydrogen-bond donors (Lipinski definition) is 0. The predicted octanol–water partition coefficient (Wildman–Crippen LogP) is 9.04. The van der Waals surface area contributed by atoms with Crippen molar-refractivity contribution < 1.29 is 53.5 Å². The van der Waals surface area contributed by atoms with Crippen LogP contribution in [-0.2, 0) is 11.0 Å². The Morgan fingerprint density at radius 2 is 1.51 bits per heavy atom. The van der Waals surface area contributed by atoms with Crippen molar-refractivity contribution in [1.82, 2.24) is 4.90 Å². The third kappa shape index (κ3) is 8.15. The quantitative estimate of drug-likeness (QED) is 0.214. The van der Waals surface area contributed by atoms with Crippen molar-refractivity contribution in [3.8, 4) is 0 Å². The first-order valence-electron chi connectivity index (χ1n) is 11.6. The lowest BCUT2D eigenvalue weighted by atomic mass is 9.90. The van der Waals surface area contributed by atoms with E-state index in [-0.39, 0.29) is 35.0 Å². The number of carbonyl (C=O) groups excluding carboxylic acids is 2. The highest BCUT2D eigenvalue weighted by molar-refractivity contribution is 6.34. The Hall–Kier alpha value is -2.80. The summed E-state index contributed by atoms with van der Waals surface area (Å²) < 4.78 is 136. The number of alkyl halides is 9. The Labute approximate surface area is 236 Å². The smallest absolute Gasteiger partial charge is 0.336 e. The normalized spacial score (nSPS) is 16.4. The highest BCUT2D eigenvalue weighted by Gasteiger charge is 2.54. The molecule has 1 atom stereocenters. The van der Waals surface area contributed by atoms with Gasteiger partial charge in [0.25, 0.3) is 0 Å². The van der Waals surface area contributed by atoms with Crippen LogP contribution in [0.15, 0.2) is 42.5 Å². The second kappa shape index (κ2) is 11.5. The van der Waals surface area contributed by atoms with E-state index < -0.39 is 82.6 Å². The molecular weight excluding hydrogens is 619 g/mol. The van der Waals surface area contributed by atoms with Crippen LogP contribution in [0, 0.1) is 5.41 Å². The fourth-order valence-electron chi connectivity index (χ4n) is 4.31. The Morgan fingerprint density at radius 3 is 1.98 bits per heavy atom. The van der Waals surface area contributed by atoms with Gasteiger partial charge in [-0.15, -0.1) is 0 Å². The topological polar surface area (TPSA) is 37.4 Å². The molecule has 1 saturated carbocycles. The molecule has 224 valence electrons. The Kier molecular flexibility index (Phi) is 9.15. The third-order valence-electron chi connectivity index (χ3n) is 6.38. The van der Waals surface area contributed by atoms with Crippen molar-refractivity contribution in [3.05, 3.63) is 74.8 Å². The number of benzene rings is 2. The van der Waals surface area contributed by atoms with Crippen molar-refractivity contribution in [2.75, 3.05) is 13.6 Å². The minimum Gasteiger partial charge on any atom is -0.336 e. The molecule has 0 saturated heterocycles. The molecule has 0 spiro atoms. The third-order valence-corrected chi connectivity index (χ3v) is 6.82. The number of nitrogens with zero attached hydrogens (tertiary/aromatic N) is 1. The molecule has 0 radical (unpaired) electrons. The van der Waals surface area contributed by atoms with Crippen LogP contribution in [0.4, 0.5) is 43.9 Å². The van der Waals surface area contributed by atoms with E-state index in [0.717, 1.165) is 25.2 Å². The van der Waals surface area contributed by atoms with Crippen molar-refractivity contribution in [2.45, 2.75) is 43.7 Å².